The minimum atomic E-state index is -0.569. The molecule has 0 aromatic rings. The minimum absolute atomic E-state index is 0.0663. The van der Waals surface area contributed by atoms with Gasteiger partial charge in [-0.2, -0.15) is 0 Å². The van der Waals surface area contributed by atoms with Crippen molar-refractivity contribution in [2.45, 2.75) is 90.8 Å². The van der Waals surface area contributed by atoms with Gasteiger partial charge < -0.3 is 10.6 Å². The van der Waals surface area contributed by atoms with Crippen molar-refractivity contribution < 1.29 is 19.2 Å². The molecule has 9 heteroatoms. The van der Waals surface area contributed by atoms with Crippen LogP contribution >= 0.6 is 0 Å². The molecule has 6 amide bonds. The second-order valence-corrected chi connectivity index (χ2v) is 9.70. The van der Waals surface area contributed by atoms with E-state index >= 15 is 0 Å². The topological polar surface area (TPSA) is 120 Å². The molecule has 0 aliphatic heterocycles. The second-order valence-electron chi connectivity index (χ2n) is 9.70. The van der Waals surface area contributed by atoms with Gasteiger partial charge in [-0.15, -0.1) is 0 Å². The zero-order valence-corrected chi connectivity index (χ0v) is 18.6. The Morgan fingerprint density at radius 3 is 1.45 bits per heavy atom. The molecule has 1 saturated carbocycles. The van der Waals surface area contributed by atoms with Gasteiger partial charge in [0.2, 0.25) is 11.8 Å². The summed E-state index contributed by atoms with van der Waals surface area (Å²) >= 11 is 0. The van der Waals surface area contributed by atoms with Gasteiger partial charge in [-0.05, 0) is 54.4 Å². The Balaban J connectivity index is 2.68. The normalized spacial score (nSPS) is 15.6. The summed E-state index contributed by atoms with van der Waals surface area (Å²) in [5.41, 5.74) is -0.929. The summed E-state index contributed by atoms with van der Waals surface area (Å²) in [6.07, 6.45) is 4.94. The van der Waals surface area contributed by atoms with E-state index in [4.69, 9.17) is 0 Å². The molecule has 0 heterocycles. The summed E-state index contributed by atoms with van der Waals surface area (Å²) in [7, 11) is 0. The first kappa shape index (κ1) is 24.9. The number of hydrogen-bond donors (Lipinski definition) is 4. The van der Waals surface area contributed by atoms with Crippen LogP contribution in [0.4, 0.5) is 9.59 Å². The first-order valence-corrected chi connectivity index (χ1v) is 10.2. The Morgan fingerprint density at radius 2 is 1.10 bits per heavy atom. The maximum Gasteiger partial charge on any atom is 0.321 e. The van der Waals surface area contributed by atoms with E-state index < -0.39 is 35.0 Å². The molecule has 0 aromatic heterocycles. The molecule has 0 bridgehead atoms. The van der Waals surface area contributed by atoms with E-state index in [1.165, 1.54) is 0 Å². The van der Waals surface area contributed by atoms with Crippen LogP contribution in [0.5, 0.6) is 0 Å². The van der Waals surface area contributed by atoms with E-state index in [1.807, 2.05) is 41.5 Å². The summed E-state index contributed by atoms with van der Waals surface area (Å²) < 4.78 is 0. The van der Waals surface area contributed by atoms with Crippen molar-refractivity contribution in [3.8, 4) is 0 Å². The third-order valence-electron chi connectivity index (χ3n) is 4.27. The zero-order valence-electron chi connectivity index (χ0n) is 18.6. The lowest BCUT2D eigenvalue weighted by molar-refractivity contribution is -0.125. The van der Waals surface area contributed by atoms with Crippen molar-refractivity contribution in [3.63, 3.8) is 0 Å². The molecule has 29 heavy (non-hydrogen) atoms. The van der Waals surface area contributed by atoms with E-state index in [0.717, 1.165) is 32.1 Å². The highest BCUT2D eigenvalue weighted by Gasteiger charge is 2.27. The van der Waals surface area contributed by atoms with Gasteiger partial charge in [-0.1, -0.05) is 19.3 Å². The van der Waals surface area contributed by atoms with Gasteiger partial charge >= 0.3 is 12.1 Å². The van der Waals surface area contributed by atoms with Crippen molar-refractivity contribution >= 4 is 23.9 Å². The SMILES string of the molecule is CC(C)(C)NC(=O)NC(=O)CN(CC(=O)NC(=O)NC(C)(C)C)C1CCCCC1. The third-order valence-corrected chi connectivity index (χ3v) is 4.27. The van der Waals surface area contributed by atoms with Gasteiger partial charge in [0, 0.05) is 17.1 Å². The maximum atomic E-state index is 12.4. The van der Waals surface area contributed by atoms with Crippen LogP contribution in [0, 0.1) is 0 Å². The van der Waals surface area contributed by atoms with Gasteiger partial charge in [-0.3, -0.25) is 25.1 Å². The lowest BCUT2D eigenvalue weighted by atomic mass is 9.94. The van der Waals surface area contributed by atoms with Crippen LogP contribution in [0.15, 0.2) is 0 Å². The fourth-order valence-corrected chi connectivity index (χ4v) is 3.21. The van der Waals surface area contributed by atoms with Crippen molar-refractivity contribution in [2.75, 3.05) is 13.1 Å². The largest absolute Gasteiger partial charge is 0.333 e. The molecule has 0 radical (unpaired) electrons. The molecule has 166 valence electrons. The quantitative estimate of drug-likeness (QED) is 0.551. The molecule has 4 N–H and O–H groups in total. The van der Waals surface area contributed by atoms with E-state index in [2.05, 4.69) is 21.3 Å². The first-order chi connectivity index (χ1) is 13.2. The van der Waals surface area contributed by atoms with Gasteiger partial charge in [-0.25, -0.2) is 9.59 Å². The van der Waals surface area contributed by atoms with Crippen LogP contribution in [-0.4, -0.2) is 59.0 Å². The molecule has 0 aromatic carbocycles. The van der Waals surface area contributed by atoms with Crippen molar-refractivity contribution in [1.29, 1.82) is 0 Å². The van der Waals surface area contributed by atoms with Gasteiger partial charge in [0.25, 0.3) is 0 Å². The molecule has 1 fully saturated rings. The van der Waals surface area contributed by atoms with Crippen molar-refractivity contribution in [1.82, 2.24) is 26.2 Å². The molecule has 1 aliphatic carbocycles. The van der Waals surface area contributed by atoms with Crippen LogP contribution in [0.3, 0.4) is 0 Å². The highest BCUT2D eigenvalue weighted by molar-refractivity contribution is 5.97. The van der Waals surface area contributed by atoms with Crippen LogP contribution < -0.4 is 21.3 Å². The van der Waals surface area contributed by atoms with E-state index in [-0.39, 0.29) is 19.1 Å². The number of nitrogens with zero attached hydrogens (tertiary/aromatic N) is 1. The Bertz CT molecular complexity index is 557. The molecule has 1 aliphatic rings. The van der Waals surface area contributed by atoms with Gasteiger partial charge in [0.05, 0.1) is 13.1 Å². The molecule has 9 nitrogen and oxygen atoms in total. The minimum Gasteiger partial charge on any atom is -0.333 e. The molecular weight excluding hydrogens is 374 g/mol. The summed E-state index contributed by atoms with van der Waals surface area (Å²) in [6, 6.07) is -1.07. The highest BCUT2D eigenvalue weighted by Crippen LogP contribution is 2.22. The second kappa shape index (κ2) is 10.6. The molecule has 0 saturated heterocycles. The third kappa shape index (κ3) is 11.4. The van der Waals surface area contributed by atoms with E-state index in [9.17, 15) is 19.2 Å². The number of amides is 6. The Kier molecular flexibility index (Phi) is 9.07. The van der Waals surface area contributed by atoms with E-state index in [0.29, 0.717) is 0 Å². The number of imide groups is 2. The van der Waals surface area contributed by atoms with Gasteiger partial charge in [0.15, 0.2) is 0 Å². The number of carbonyl (C=O) groups is 4. The lowest BCUT2D eigenvalue weighted by Gasteiger charge is -2.33. The monoisotopic (exact) mass is 411 g/mol. The van der Waals surface area contributed by atoms with Crippen LogP contribution in [0.1, 0.15) is 73.6 Å². The predicted octanol–water partition coefficient (Wildman–Crippen LogP) is 1.87. The number of carbonyl (C=O) groups excluding carboxylic acids is 4. The average molecular weight is 412 g/mol. The van der Waals surface area contributed by atoms with E-state index in [1.54, 1.807) is 4.90 Å². The van der Waals surface area contributed by atoms with Crippen molar-refractivity contribution in [3.05, 3.63) is 0 Å². The van der Waals surface area contributed by atoms with Crippen LogP contribution in [-0.2, 0) is 9.59 Å². The smallest absolute Gasteiger partial charge is 0.321 e. The zero-order chi connectivity index (χ0) is 22.2. The molecule has 0 atom stereocenters. The summed E-state index contributed by atoms with van der Waals surface area (Å²) in [5, 5.41) is 9.96. The van der Waals surface area contributed by atoms with Crippen LogP contribution in [0.25, 0.3) is 0 Å². The summed E-state index contributed by atoms with van der Waals surface area (Å²) in [6.45, 7) is 10.7. The number of rotatable bonds is 5. The lowest BCUT2D eigenvalue weighted by Crippen LogP contribution is -2.54. The first-order valence-electron chi connectivity index (χ1n) is 10.2. The fraction of sp³-hybridized carbons (Fsp3) is 0.800. The molecule has 0 unspecified atom stereocenters. The van der Waals surface area contributed by atoms with Gasteiger partial charge in [0.1, 0.15) is 0 Å². The van der Waals surface area contributed by atoms with Crippen LogP contribution in [0.2, 0.25) is 0 Å². The maximum absolute atomic E-state index is 12.4. The Morgan fingerprint density at radius 1 is 0.724 bits per heavy atom. The summed E-state index contributed by atoms with van der Waals surface area (Å²) in [5.74, 6) is -0.964. The standard InChI is InChI=1S/C20H37N5O4/c1-19(2,3)23-17(28)21-15(26)12-25(14-10-8-7-9-11-14)13-16(27)22-18(29)24-20(4,5)6/h14H,7-13H2,1-6H3,(H2,21,23,26,28)(H2,22,24,27,29). The molecule has 1 rings (SSSR count). The average Bonchev–Trinajstić information content (AvgIpc) is 2.50. The number of hydrogen-bond acceptors (Lipinski definition) is 5. The fourth-order valence-electron chi connectivity index (χ4n) is 3.21. The highest BCUT2D eigenvalue weighted by atomic mass is 16.2. The summed E-state index contributed by atoms with van der Waals surface area (Å²) in [4.78, 5) is 50.3. The molecule has 0 spiro atoms. The molecular formula is C20H37N5O4. The number of nitrogens with one attached hydrogen (secondary N) is 4. The van der Waals surface area contributed by atoms with Crippen molar-refractivity contribution in [2.24, 2.45) is 0 Å². The predicted molar refractivity (Wildman–Crippen MR) is 111 cm³/mol. The number of urea groups is 2. The Hall–Kier alpha value is -2.16. The Labute approximate surface area is 173 Å².